The van der Waals surface area contributed by atoms with Crippen molar-refractivity contribution in [3.63, 3.8) is 0 Å². The van der Waals surface area contributed by atoms with Gasteiger partial charge in [0.05, 0.1) is 0 Å². The highest BCUT2D eigenvalue weighted by atomic mass is 16.6. The smallest absolute Gasteiger partial charge is 0.416 e. The van der Waals surface area contributed by atoms with Gasteiger partial charge in [0.1, 0.15) is 36.0 Å². The van der Waals surface area contributed by atoms with E-state index in [1.54, 1.807) is 49.9 Å². The van der Waals surface area contributed by atoms with E-state index < -0.39 is 17.3 Å². The van der Waals surface area contributed by atoms with Gasteiger partial charge >= 0.3 is 12.2 Å². The molecule has 10 heteroatoms. The molecule has 1 aromatic carbocycles. The minimum atomic E-state index is -0.713. The Morgan fingerprint density at radius 2 is 1.56 bits per heavy atom. The lowest BCUT2D eigenvalue weighted by atomic mass is 10.0. The molecule has 1 fully saturated rings. The van der Waals surface area contributed by atoms with Crippen LogP contribution < -0.4 is 10.6 Å². The van der Waals surface area contributed by atoms with E-state index in [4.69, 9.17) is 25.5 Å². The molecule has 1 heterocycles. The summed E-state index contributed by atoms with van der Waals surface area (Å²) in [6, 6.07) is 6.58. The van der Waals surface area contributed by atoms with Crippen LogP contribution in [-0.2, 0) is 14.3 Å². The fraction of sp³-hybridized carbons (Fsp3) is 0.625. The predicted octanol–water partition coefficient (Wildman–Crippen LogP) is 3.92. The van der Waals surface area contributed by atoms with Gasteiger partial charge < -0.3 is 23.9 Å². The Balaban J connectivity index is 2.15. The highest BCUT2D eigenvalue weighted by Crippen LogP contribution is 2.24. The first kappa shape index (κ1) is 27.4. The third-order valence-electron chi connectivity index (χ3n) is 4.91. The minimum absolute atomic E-state index is 0.0295. The Labute approximate surface area is 201 Å². The summed E-state index contributed by atoms with van der Waals surface area (Å²) in [5.41, 5.74) is -0.746. The monoisotopic (exact) mass is 478 g/mol. The SMILES string of the molecule is CC(C)(C)OC(=O)N1CCC(N(C(=N)c2ccc(OCCON)cc2)C(=O)OC(C)(C)C)CC1. The van der Waals surface area contributed by atoms with Gasteiger partial charge in [-0.1, -0.05) is 0 Å². The number of piperidine rings is 1. The topological polar surface area (TPSA) is 127 Å². The molecule has 10 nitrogen and oxygen atoms in total. The Bertz CT molecular complexity index is 837. The Morgan fingerprint density at radius 1 is 1.00 bits per heavy atom. The summed E-state index contributed by atoms with van der Waals surface area (Å²) in [6.07, 6.45) is 0.0385. The van der Waals surface area contributed by atoms with Crippen LogP contribution in [0.4, 0.5) is 9.59 Å². The first-order valence-electron chi connectivity index (χ1n) is 11.4. The van der Waals surface area contributed by atoms with Crippen LogP contribution in [0.25, 0.3) is 0 Å². The van der Waals surface area contributed by atoms with Crippen molar-refractivity contribution in [1.29, 1.82) is 5.41 Å². The molecule has 0 saturated carbocycles. The van der Waals surface area contributed by atoms with Gasteiger partial charge in [-0.15, -0.1) is 0 Å². The third kappa shape index (κ3) is 8.49. The van der Waals surface area contributed by atoms with Gasteiger partial charge in [-0.3, -0.25) is 10.3 Å². The van der Waals surface area contributed by atoms with Gasteiger partial charge in [-0.05, 0) is 78.6 Å². The van der Waals surface area contributed by atoms with Crippen LogP contribution >= 0.6 is 0 Å². The van der Waals surface area contributed by atoms with Crippen molar-refractivity contribution in [1.82, 2.24) is 9.80 Å². The fourth-order valence-electron chi connectivity index (χ4n) is 3.42. The molecular weight excluding hydrogens is 440 g/mol. The number of nitrogens with two attached hydrogens (primary N) is 1. The van der Waals surface area contributed by atoms with Crippen LogP contribution in [0.3, 0.4) is 0 Å². The maximum Gasteiger partial charge on any atom is 0.416 e. The molecule has 1 saturated heterocycles. The summed E-state index contributed by atoms with van der Waals surface area (Å²) >= 11 is 0. The fourth-order valence-corrected chi connectivity index (χ4v) is 3.42. The Kier molecular flexibility index (Phi) is 9.29. The van der Waals surface area contributed by atoms with Crippen molar-refractivity contribution in [2.45, 2.75) is 71.6 Å². The second-order valence-corrected chi connectivity index (χ2v) is 10.1. The van der Waals surface area contributed by atoms with Gasteiger partial charge in [-0.2, -0.15) is 0 Å². The lowest BCUT2D eigenvalue weighted by molar-refractivity contribution is 0.0115. The molecular formula is C24H38N4O6. The zero-order chi connectivity index (χ0) is 25.5. The van der Waals surface area contributed by atoms with Crippen molar-refractivity contribution >= 4 is 18.0 Å². The van der Waals surface area contributed by atoms with Crippen molar-refractivity contribution < 1.29 is 28.6 Å². The number of ether oxygens (including phenoxy) is 3. The quantitative estimate of drug-likeness (QED) is 0.274. The molecule has 0 spiro atoms. The van der Waals surface area contributed by atoms with E-state index in [-0.39, 0.29) is 24.6 Å². The number of rotatable bonds is 6. The van der Waals surface area contributed by atoms with Gasteiger partial charge in [0, 0.05) is 24.7 Å². The van der Waals surface area contributed by atoms with Crippen molar-refractivity contribution in [3.8, 4) is 5.75 Å². The van der Waals surface area contributed by atoms with E-state index in [9.17, 15) is 9.59 Å². The maximum atomic E-state index is 13.1. The first-order valence-corrected chi connectivity index (χ1v) is 11.4. The Hall–Kier alpha value is -2.85. The molecule has 1 aliphatic heterocycles. The van der Waals surface area contributed by atoms with Crippen LogP contribution in [0.2, 0.25) is 0 Å². The van der Waals surface area contributed by atoms with Gasteiger partial charge in [0.2, 0.25) is 0 Å². The highest BCUT2D eigenvalue weighted by Gasteiger charge is 2.36. The van der Waals surface area contributed by atoms with E-state index in [1.165, 1.54) is 4.90 Å². The number of hydrogen-bond acceptors (Lipinski definition) is 8. The molecule has 2 rings (SSSR count). The van der Waals surface area contributed by atoms with Crippen molar-refractivity contribution in [2.75, 3.05) is 26.3 Å². The lowest BCUT2D eigenvalue weighted by Crippen LogP contribution is -2.52. The first-order chi connectivity index (χ1) is 15.8. The second-order valence-electron chi connectivity index (χ2n) is 10.1. The standard InChI is InChI=1S/C24H38N4O6/c1-23(2,3)33-21(29)27-13-11-18(12-14-27)28(22(30)34-24(4,5)6)20(25)17-7-9-19(10-8-17)31-15-16-32-26/h7-10,18,25H,11-16,26H2,1-6H3. The molecule has 0 radical (unpaired) electrons. The van der Waals surface area contributed by atoms with E-state index in [0.717, 1.165) is 0 Å². The van der Waals surface area contributed by atoms with Gasteiger partial charge in [-0.25, -0.2) is 15.5 Å². The van der Waals surface area contributed by atoms with Crippen molar-refractivity contribution in [3.05, 3.63) is 29.8 Å². The largest absolute Gasteiger partial charge is 0.491 e. The molecule has 1 aliphatic rings. The number of amidine groups is 1. The second kappa shape index (κ2) is 11.5. The van der Waals surface area contributed by atoms with Crippen LogP contribution in [-0.4, -0.2) is 71.4 Å². The van der Waals surface area contributed by atoms with Crippen LogP contribution in [0.5, 0.6) is 5.75 Å². The molecule has 0 atom stereocenters. The number of likely N-dealkylation sites (tertiary alicyclic amines) is 1. The normalized spacial score (nSPS) is 15.0. The molecule has 1 aromatic rings. The maximum absolute atomic E-state index is 13.1. The van der Waals surface area contributed by atoms with E-state index in [0.29, 0.717) is 43.9 Å². The molecule has 0 aromatic heterocycles. The third-order valence-corrected chi connectivity index (χ3v) is 4.91. The van der Waals surface area contributed by atoms with Gasteiger partial charge in [0.15, 0.2) is 0 Å². The lowest BCUT2D eigenvalue weighted by Gasteiger charge is -2.39. The number of benzene rings is 1. The molecule has 0 aliphatic carbocycles. The summed E-state index contributed by atoms with van der Waals surface area (Å²) in [7, 11) is 0. The molecule has 3 N–H and O–H groups in total. The summed E-state index contributed by atoms with van der Waals surface area (Å²) in [5.74, 6) is 5.63. The van der Waals surface area contributed by atoms with E-state index in [2.05, 4.69) is 4.84 Å². The van der Waals surface area contributed by atoms with Gasteiger partial charge in [0.25, 0.3) is 0 Å². The van der Waals surface area contributed by atoms with Crippen LogP contribution in [0.1, 0.15) is 59.9 Å². The minimum Gasteiger partial charge on any atom is -0.491 e. The molecule has 0 bridgehead atoms. The number of hydrogen-bond donors (Lipinski definition) is 2. The summed E-state index contributed by atoms with van der Waals surface area (Å²) < 4.78 is 16.6. The predicted molar refractivity (Wildman–Crippen MR) is 128 cm³/mol. The molecule has 190 valence electrons. The van der Waals surface area contributed by atoms with Crippen LogP contribution in [0, 0.1) is 5.41 Å². The zero-order valence-electron chi connectivity index (χ0n) is 21.1. The van der Waals surface area contributed by atoms with E-state index in [1.807, 2.05) is 20.8 Å². The zero-order valence-corrected chi connectivity index (χ0v) is 21.1. The molecule has 0 unspecified atom stereocenters. The summed E-state index contributed by atoms with van der Waals surface area (Å²) in [4.78, 5) is 33.1. The molecule has 34 heavy (non-hydrogen) atoms. The number of carbonyl (C=O) groups excluding carboxylic acids is 2. The van der Waals surface area contributed by atoms with Crippen molar-refractivity contribution in [2.24, 2.45) is 5.90 Å². The highest BCUT2D eigenvalue weighted by molar-refractivity contribution is 6.05. The van der Waals surface area contributed by atoms with E-state index >= 15 is 0 Å². The summed E-state index contributed by atoms with van der Waals surface area (Å²) in [5, 5.41) is 8.80. The number of amides is 2. The number of nitrogens with one attached hydrogen (secondary N) is 1. The average molecular weight is 479 g/mol. The molecule has 2 amide bonds. The Morgan fingerprint density at radius 3 is 2.06 bits per heavy atom. The summed E-state index contributed by atoms with van der Waals surface area (Å²) in [6.45, 7) is 12.2. The number of carbonyl (C=O) groups is 2. The number of nitrogens with zero attached hydrogens (tertiary/aromatic N) is 2. The average Bonchev–Trinajstić information content (AvgIpc) is 2.72. The van der Waals surface area contributed by atoms with Crippen LogP contribution in [0.15, 0.2) is 24.3 Å².